The Hall–Kier alpha value is 0.0700. The van der Waals surface area contributed by atoms with Crippen LogP contribution in [0, 0.1) is 5.41 Å². The monoisotopic (exact) mass is 248 g/mol. The van der Waals surface area contributed by atoms with E-state index in [-0.39, 0.29) is 5.41 Å². The van der Waals surface area contributed by atoms with Crippen molar-refractivity contribution in [3.05, 3.63) is 15.0 Å². The zero-order valence-electron chi connectivity index (χ0n) is 7.30. The summed E-state index contributed by atoms with van der Waals surface area (Å²) in [6, 6.07) is 0. The van der Waals surface area contributed by atoms with Gasteiger partial charge in [0.2, 0.25) is 0 Å². The largest absolute Gasteiger partial charge is 0.330 e. The van der Waals surface area contributed by atoms with Gasteiger partial charge in [0.25, 0.3) is 0 Å². The predicted molar refractivity (Wildman–Crippen MR) is 56.4 cm³/mol. The molecule has 0 bridgehead atoms. The van der Waals surface area contributed by atoms with E-state index in [4.69, 9.17) is 5.73 Å². The third kappa shape index (κ3) is 2.84. The molecular formula is C8H13BrN2S. The summed E-state index contributed by atoms with van der Waals surface area (Å²) in [5.74, 6) is 0. The Morgan fingerprint density at radius 2 is 2.33 bits per heavy atom. The Morgan fingerprint density at radius 1 is 1.67 bits per heavy atom. The summed E-state index contributed by atoms with van der Waals surface area (Å²) in [5, 5.41) is 2.07. The number of rotatable bonds is 3. The van der Waals surface area contributed by atoms with Gasteiger partial charge in [-0.05, 0) is 34.3 Å². The third-order valence-electron chi connectivity index (χ3n) is 1.74. The van der Waals surface area contributed by atoms with Crippen LogP contribution >= 0.6 is 27.3 Å². The molecule has 0 spiro atoms. The highest BCUT2D eigenvalue weighted by molar-refractivity contribution is 9.11. The van der Waals surface area contributed by atoms with E-state index in [0.29, 0.717) is 6.54 Å². The minimum Gasteiger partial charge on any atom is -0.330 e. The molecule has 2 N–H and O–H groups in total. The Bertz CT molecular complexity index is 257. The molecular weight excluding hydrogens is 236 g/mol. The van der Waals surface area contributed by atoms with Gasteiger partial charge in [0.15, 0.2) is 3.92 Å². The molecule has 68 valence electrons. The fraction of sp³-hybridized carbons (Fsp3) is 0.625. The molecule has 1 aromatic rings. The summed E-state index contributed by atoms with van der Waals surface area (Å²) in [5.41, 5.74) is 6.91. The van der Waals surface area contributed by atoms with E-state index in [9.17, 15) is 0 Å². The Balaban J connectivity index is 2.63. The molecule has 1 aromatic heterocycles. The first-order valence-corrected chi connectivity index (χ1v) is 5.51. The van der Waals surface area contributed by atoms with E-state index in [1.165, 1.54) is 0 Å². The van der Waals surface area contributed by atoms with E-state index in [2.05, 4.69) is 40.1 Å². The normalized spacial score (nSPS) is 12.0. The van der Waals surface area contributed by atoms with Crippen LogP contribution in [0.3, 0.4) is 0 Å². The number of hydrogen-bond donors (Lipinski definition) is 1. The average molecular weight is 249 g/mol. The van der Waals surface area contributed by atoms with Gasteiger partial charge >= 0.3 is 0 Å². The molecule has 0 aromatic carbocycles. The minimum atomic E-state index is 0.160. The molecule has 0 radical (unpaired) electrons. The maximum Gasteiger partial charge on any atom is 0.159 e. The highest BCUT2D eigenvalue weighted by Gasteiger charge is 2.17. The predicted octanol–water partition coefficient (Wildman–Crippen LogP) is 2.43. The second-order valence-electron chi connectivity index (χ2n) is 3.64. The highest BCUT2D eigenvalue weighted by Crippen LogP contribution is 2.23. The Morgan fingerprint density at radius 3 is 2.75 bits per heavy atom. The number of nitrogens with two attached hydrogens (primary N) is 1. The van der Waals surface area contributed by atoms with Gasteiger partial charge in [-0.1, -0.05) is 13.8 Å². The lowest BCUT2D eigenvalue weighted by Gasteiger charge is -2.20. The average Bonchev–Trinajstić information content (AvgIpc) is 2.35. The molecule has 2 nitrogen and oxygen atoms in total. The van der Waals surface area contributed by atoms with E-state index in [1.54, 1.807) is 11.3 Å². The molecule has 0 aliphatic carbocycles. The molecule has 0 aliphatic rings. The number of halogens is 1. The van der Waals surface area contributed by atoms with Gasteiger partial charge in [0.1, 0.15) is 0 Å². The number of aromatic nitrogens is 1. The fourth-order valence-corrected chi connectivity index (χ4v) is 1.97. The van der Waals surface area contributed by atoms with Gasteiger partial charge in [-0.15, -0.1) is 11.3 Å². The number of hydrogen-bond acceptors (Lipinski definition) is 3. The van der Waals surface area contributed by atoms with Gasteiger partial charge in [0.05, 0.1) is 5.69 Å². The smallest absolute Gasteiger partial charge is 0.159 e. The fourth-order valence-electron chi connectivity index (χ4n) is 0.926. The SMILES string of the molecule is CC(C)(CN)Cc1csc(Br)n1. The minimum absolute atomic E-state index is 0.160. The van der Waals surface area contributed by atoms with Crippen LogP contribution in [-0.2, 0) is 6.42 Å². The van der Waals surface area contributed by atoms with Crippen LogP contribution in [0.5, 0.6) is 0 Å². The zero-order valence-corrected chi connectivity index (χ0v) is 9.70. The van der Waals surface area contributed by atoms with Crippen molar-refractivity contribution in [2.24, 2.45) is 11.1 Å². The van der Waals surface area contributed by atoms with Crippen molar-refractivity contribution in [3.8, 4) is 0 Å². The molecule has 0 atom stereocenters. The van der Waals surface area contributed by atoms with Crippen LogP contribution < -0.4 is 5.73 Å². The molecule has 0 fully saturated rings. The molecule has 0 aliphatic heterocycles. The van der Waals surface area contributed by atoms with Gasteiger partial charge in [-0.3, -0.25) is 0 Å². The Labute approximate surface area is 85.3 Å². The van der Waals surface area contributed by atoms with E-state index < -0.39 is 0 Å². The third-order valence-corrected chi connectivity index (χ3v) is 3.15. The summed E-state index contributed by atoms with van der Waals surface area (Å²) in [6.07, 6.45) is 0.950. The van der Waals surface area contributed by atoms with Crippen molar-refractivity contribution in [2.75, 3.05) is 6.54 Å². The van der Waals surface area contributed by atoms with E-state index in [1.807, 2.05) is 0 Å². The maximum atomic E-state index is 5.62. The lowest BCUT2D eigenvalue weighted by molar-refractivity contribution is 0.373. The maximum absolute atomic E-state index is 5.62. The summed E-state index contributed by atoms with van der Waals surface area (Å²) >= 11 is 4.96. The van der Waals surface area contributed by atoms with Crippen LogP contribution in [0.2, 0.25) is 0 Å². The van der Waals surface area contributed by atoms with Gasteiger partial charge in [-0.25, -0.2) is 4.98 Å². The van der Waals surface area contributed by atoms with Gasteiger partial charge in [-0.2, -0.15) is 0 Å². The first-order valence-electron chi connectivity index (χ1n) is 3.83. The molecule has 0 amide bonds. The van der Waals surface area contributed by atoms with Gasteiger partial charge < -0.3 is 5.73 Å². The Kier molecular flexibility index (Phi) is 3.26. The van der Waals surface area contributed by atoms with Crippen LogP contribution in [0.4, 0.5) is 0 Å². The van der Waals surface area contributed by atoms with Crippen LogP contribution in [0.15, 0.2) is 9.30 Å². The van der Waals surface area contributed by atoms with E-state index >= 15 is 0 Å². The number of nitrogens with zero attached hydrogens (tertiary/aromatic N) is 1. The van der Waals surface area contributed by atoms with Crippen molar-refractivity contribution in [1.29, 1.82) is 0 Å². The van der Waals surface area contributed by atoms with Crippen molar-refractivity contribution < 1.29 is 0 Å². The summed E-state index contributed by atoms with van der Waals surface area (Å²) in [6.45, 7) is 5.00. The summed E-state index contributed by atoms with van der Waals surface area (Å²) in [7, 11) is 0. The van der Waals surface area contributed by atoms with Crippen molar-refractivity contribution in [2.45, 2.75) is 20.3 Å². The van der Waals surface area contributed by atoms with Gasteiger partial charge in [0, 0.05) is 5.38 Å². The standard InChI is InChI=1S/C8H13BrN2S/c1-8(2,5-10)3-6-4-12-7(9)11-6/h4H,3,5,10H2,1-2H3. The summed E-state index contributed by atoms with van der Waals surface area (Å²) < 4.78 is 0.949. The topological polar surface area (TPSA) is 38.9 Å². The van der Waals surface area contributed by atoms with Crippen LogP contribution in [-0.4, -0.2) is 11.5 Å². The van der Waals surface area contributed by atoms with E-state index in [0.717, 1.165) is 16.0 Å². The van der Waals surface area contributed by atoms with Crippen molar-refractivity contribution in [1.82, 2.24) is 4.98 Å². The molecule has 4 heteroatoms. The molecule has 12 heavy (non-hydrogen) atoms. The van der Waals surface area contributed by atoms with Crippen molar-refractivity contribution >= 4 is 27.3 Å². The summed E-state index contributed by atoms with van der Waals surface area (Å²) in [4.78, 5) is 4.32. The molecule has 0 saturated heterocycles. The molecule has 1 heterocycles. The van der Waals surface area contributed by atoms with Crippen molar-refractivity contribution in [3.63, 3.8) is 0 Å². The first kappa shape index (κ1) is 10.2. The lowest BCUT2D eigenvalue weighted by Crippen LogP contribution is -2.25. The number of thiazole rings is 1. The first-order chi connectivity index (χ1) is 5.53. The quantitative estimate of drug-likeness (QED) is 0.893. The van der Waals surface area contributed by atoms with Crippen LogP contribution in [0.25, 0.3) is 0 Å². The highest BCUT2D eigenvalue weighted by atomic mass is 79.9. The molecule has 0 saturated carbocycles. The zero-order chi connectivity index (χ0) is 9.19. The van der Waals surface area contributed by atoms with Crippen LogP contribution in [0.1, 0.15) is 19.5 Å². The molecule has 0 unspecified atom stereocenters. The second-order valence-corrected chi connectivity index (χ2v) is 5.77. The lowest BCUT2D eigenvalue weighted by atomic mass is 9.88. The molecule has 1 rings (SSSR count). The second kappa shape index (κ2) is 3.85.